The normalized spacial score (nSPS) is 19.5. The lowest BCUT2D eigenvalue weighted by atomic mass is 10.0. The van der Waals surface area contributed by atoms with Gasteiger partial charge in [-0.2, -0.15) is 0 Å². The van der Waals surface area contributed by atoms with Crippen LogP contribution >= 0.6 is 0 Å². The van der Waals surface area contributed by atoms with Crippen LogP contribution in [0.3, 0.4) is 0 Å². The van der Waals surface area contributed by atoms with Crippen LogP contribution in [0.4, 0.5) is 0 Å². The second-order valence-corrected chi connectivity index (χ2v) is 10.3. The average Bonchev–Trinajstić information content (AvgIpc) is 2.71. The van der Waals surface area contributed by atoms with Crippen molar-refractivity contribution in [3.8, 4) is 0 Å². The molecule has 0 radical (unpaired) electrons. The van der Waals surface area contributed by atoms with E-state index in [0.29, 0.717) is 11.8 Å². The Hall–Kier alpha value is -1.45. The smallest absolute Gasteiger partial charge is 0.148 e. The summed E-state index contributed by atoms with van der Waals surface area (Å²) in [6, 6.07) is 0.480. The molecule has 1 unspecified atom stereocenters. The molecule has 1 aliphatic rings. The third-order valence-corrected chi connectivity index (χ3v) is 6.49. The van der Waals surface area contributed by atoms with Gasteiger partial charge in [0.1, 0.15) is 5.78 Å². The van der Waals surface area contributed by atoms with E-state index in [0.717, 1.165) is 58.3 Å². The fraction of sp³-hybridized carbons (Fsp3) is 0.690. The third-order valence-electron chi connectivity index (χ3n) is 6.49. The number of carbonyl (C=O) groups is 1. The number of rotatable bonds is 13. The maximum Gasteiger partial charge on any atom is 0.148 e. The average molecular weight is 443 g/mol. The second kappa shape index (κ2) is 15.4. The van der Waals surface area contributed by atoms with E-state index in [1.54, 1.807) is 6.92 Å². The van der Waals surface area contributed by atoms with E-state index < -0.39 is 0 Å². The molecule has 1 atom stereocenters. The van der Waals surface area contributed by atoms with E-state index >= 15 is 0 Å². The highest BCUT2D eigenvalue weighted by atomic mass is 16.1. The third kappa shape index (κ3) is 12.0. The molecule has 0 saturated carbocycles. The summed E-state index contributed by atoms with van der Waals surface area (Å²) in [6.07, 6.45) is 16.4. The number of Topliss-reactive ketones (excluding diaryl/α,β-unsaturated/α-hetero) is 1. The SMILES string of the molecule is CC(=O)C1CN(C/C=C(\C)CC/C=C(\C)CC/C=C(\C)CCC=C(C)C)CCN1C(C)C. The summed E-state index contributed by atoms with van der Waals surface area (Å²) in [5.74, 6) is 0.294. The molecule has 0 aromatic rings. The Balaban J connectivity index is 2.35. The molecule has 1 aliphatic heterocycles. The predicted octanol–water partition coefficient (Wildman–Crippen LogP) is 7.12. The molecule has 32 heavy (non-hydrogen) atoms. The summed E-state index contributed by atoms with van der Waals surface area (Å²) in [4.78, 5) is 16.9. The molecule has 0 aromatic carbocycles. The molecule has 1 fully saturated rings. The van der Waals surface area contributed by atoms with Crippen LogP contribution in [-0.4, -0.2) is 53.8 Å². The molecule has 0 aliphatic carbocycles. The van der Waals surface area contributed by atoms with E-state index in [1.807, 2.05) is 0 Å². The Kier molecular flexibility index (Phi) is 13.8. The van der Waals surface area contributed by atoms with Gasteiger partial charge in [-0.15, -0.1) is 0 Å². The molecule has 1 rings (SSSR count). The first-order chi connectivity index (χ1) is 15.1. The van der Waals surface area contributed by atoms with Gasteiger partial charge >= 0.3 is 0 Å². The highest BCUT2D eigenvalue weighted by molar-refractivity contribution is 5.81. The van der Waals surface area contributed by atoms with Crippen molar-refractivity contribution >= 4 is 5.78 Å². The van der Waals surface area contributed by atoms with Crippen LogP contribution in [0.1, 0.15) is 93.9 Å². The summed E-state index contributed by atoms with van der Waals surface area (Å²) in [5, 5.41) is 0. The number of ketones is 1. The number of piperazine rings is 1. The molecule has 0 bridgehead atoms. The number of carbonyl (C=O) groups excluding carboxylic acids is 1. The van der Waals surface area contributed by atoms with Gasteiger partial charge in [0.25, 0.3) is 0 Å². The lowest BCUT2D eigenvalue weighted by Gasteiger charge is -2.42. The van der Waals surface area contributed by atoms with Crippen LogP contribution in [0.5, 0.6) is 0 Å². The van der Waals surface area contributed by atoms with Gasteiger partial charge in [-0.3, -0.25) is 14.6 Å². The molecule has 3 nitrogen and oxygen atoms in total. The fourth-order valence-electron chi connectivity index (χ4n) is 4.27. The molecule has 3 heteroatoms. The Labute approximate surface area is 199 Å². The maximum atomic E-state index is 12.1. The number of hydrogen-bond donors (Lipinski definition) is 0. The van der Waals surface area contributed by atoms with Crippen molar-refractivity contribution < 1.29 is 4.79 Å². The molecule has 1 heterocycles. The Morgan fingerprint density at radius 1 is 0.781 bits per heavy atom. The zero-order valence-electron chi connectivity index (χ0n) is 22.3. The van der Waals surface area contributed by atoms with Gasteiger partial charge in [-0.05, 0) is 93.9 Å². The van der Waals surface area contributed by atoms with Crippen molar-refractivity contribution in [3.05, 3.63) is 46.6 Å². The fourth-order valence-corrected chi connectivity index (χ4v) is 4.27. The van der Waals surface area contributed by atoms with E-state index in [1.165, 1.54) is 28.7 Å². The molecule has 0 amide bonds. The van der Waals surface area contributed by atoms with Gasteiger partial charge in [-0.25, -0.2) is 0 Å². The van der Waals surface area contributed by atoms with Gasteiger partial charge in [0.15, 0.2) is 0 Å². The first-order valence-corrected chi connectivity index (χ1v) is 12.7. The molecule has 0 spiro atoms. The minimum Gasteiger partial charge on any atom is -0.298 e. The Morgan fingerprint density at radius 2 is 1.28 bits per heavy atom. The van der Waals surface area contributed by atoms with Crippen LogP contribution < -0.4 is 0 Å². The summed E-state index contributed by atoms with van der Waals surface area (Å²) >= 11 is 0. The zero-order valence-corrected chi connectivity index (χ0v) is 22.3. The molecule has 1 saturated heterocycles. The largest absolute Gasteiger partial charge is 0.298 e. The molecule has 0 aromatic heterocycles. The van der Waals surface area contributed by atoms with E-state index in [4.69, 9.17) is 0 Å². The Morgan fingerprint density at radius 3 is 1.75 bits per heavy atom. The highest BCUT2D eigenvalue weighted by Gasteiger charge is 2.31. The number of hydrogen-bond acceptors (Lipinski definition) is 3. The lowest BCUT2D eigenvalue weighted by Crippen LogP contribution is -2.57. The first-order valence-electron chi connectivity index (χ1n) is 12.7. The lowest BCUT2D eigenvalue weighted by molar-refractivity contribution is -0.125. The van der Waals surface area contributed by atoms with Crippen molar-refractivity contribution in [1.82, 2.24) is 9.80 Å². The maximum absolute atomic E-state index is 12.1. The molecule has 182 valence electrons. The van der Waals surface area contributed by atoms with Crippen molar-refractivity contribution in [2.75, 3.05) is 26.2 Å². The standard InChI is InChI=1S/C29H50N2O/c1-23(2)12-9-13-25(5)14-10-15-26(6)16-11-17-27(7)18-19-30-20-21-31(24(3)4)29(22-30)28(8)32/h12,14,16,18,24,29H,9-11,13,15,17,19-22H2,1-8H3/b25-14+,26-16+,27-18+. The van der Waals surface area contributed by atoms with Gasteiger partial charge in [-0.1, -0.05) is 46.6 Å². The van der Waals surface area contributed by atoms with Crippen LogP contribution in [0.15, 0.2) is 46.6 Å². The van der Waals surface area contributed by atoms with Crippen molar-refractivity contribution in [1.29, 1.82) is 0 Å². The van der Waals surface area contributed by atoms with Gasteiger partial charge in [0.2, 0.25) is 0 Å². The summed E-state index contributed by atoms with van der Waals surface area (Å²) in [7, 11) is 0. The zero-order chi connectivity index (χ0) is 24.1. The summed E-state index contributed by atoms with van der Waals surface area (Å²) < 4.78 is 0. The van der Waals surface area contributed by atoms with Crippen molar-refractivity contribution in [2.45, 2.75) is 106 Å². The van der Waals surface area contributed by atoms with Gasteiger partial charge in [0, 0.05) is 32.2 Å². The number of allylic oxidation sites excluding steroid dienone is 7. The van der Waals surface area contributed by atoms with Crippen LogP contribution in [-0.2, 0) is 4.79 Å². The van der Waals surface area contributed by atoms with Crippen molar-refractivity contribution in [3.63, 3.8) is 0 Å². The second-order valence-electron chi connectivity index (χ2n) is 10.3. The minimum absolute atomic E-state index is 0.0490. The topological polar surface area (TPSA) is 23.6 Å². The summed E-state index contributed by atoms with van der Waals surface area (Å²) in [5.41, 5.74) is 5.88. The van der Waals surface area contributed by atoms with Crippen molar-refractivity contribution in [2.24, 2.45) is 0 Å². The first kappa shape index (κ1) is 28.6. The molecule has 0 N–H and O–H groups in total. The predicted molar refractivity (Wildman–Crippen MR) is 141 cm³/mol. The van der Waals surface area contributed by atoms with E-state index in [-0.39, 0.29) is 6.04 Å². The van der Waals surface area contributed by atoms with E-state index in [2.05, 4.69) is 82.6 Å². The van der Waals surface area contributed by atoms with Crippen LogP contribution in [0, 0.1) is 0 Å². The van der Waals surface area contributed by atoms with Gasteiger partial charge in [0.05, 0.1) is 6.04 Å². The quantitative estimate of drug-likeness (QED) is 0.284. The minimum atomic E-state index is 0.0490. The highest BCUT2D eigenvalue weighted by Crippen LogP contribution is 2.16. The van der Waals surface area contributed by atoms with E-state index in [9.17, 15) is 4.79 Å². The number of nitrogens with zero attached hydrogens (tertiary/aromatic N) is 2. The summed E-state index contributed by atoms with van der Waals surface area (Å²) in [6.45, 7) is 21.1. The monoisotopic (exact) mass is 442 g/mol. The van der Waals surface area contributed by atoms with Crippen LogP contribution in [0.2, 0.25) is 0 Å². The Bertz CT molecular complexity index is 692. The van der Waals surface area contributed by atoms with Gasteiger partial charge < -0.3 is 0 Å². The molecular formula is C29H50N2O. The molecular weight excluding hydrogens is 392 g/mol. The van der Waals surface area contributed by atoms with Crippen LogP contribution in [0.25, 0.3) is 0 Å².